The Morgan fingerprint density at radius 1 is 1.29 bits per heavy atom. The van der Waals surface area contributed by atoms with Crippen LogP contribution in [0.2, 0.25) is 0 Å². The predicted molar refractivity (Wildman–Crippen MR) is 63.2 cm³/mol. The van der Waals surface area contributed by atoms with E-state index in [0.717, 1.165) is 26.2 Å². The van der Waals surface area contributed by atoms with E-state index in [0.29, 0.717) is 26.1 Å². The van der Waals surface area contributed by atoms with E-state index in [1.165, 1.54) is 0 Å². The number of amides is 1. The number of β-amino-alcohol motifs (C(OH)–C–C–N with tert-alkyl or cyclic N) is 1. The van der Waals surface area contributed by atoms with Crippen LogP contribution in [0.25, 0.3) is 0 Å². The van der Waals surface area contributed by atoms with Gasteiger partial charge in [-0.2, -0.15) is 5.26 Å². The molecule has 17 heavy (non-hydrogen) atoms. The highest BCUT2D eigenvalue weighted by molar-refractivity contribution is 5.78. The third kappa shape index (κ3) is 5.63. The Hall–Kier alpha value is -1.16. The SMILES string of the molecule is N#CCCNC(=O)CN1CCN(CCO)CC1. The average Bonchev–Trinajstić information content (AvgIpc) is 2.32. The van der Waals surface area contributed by atoms with Gasteiger partial charge in [0.15, 0.2) is 0 Å². The molecule has 6 heteroatoms. The Balaban J connectivity index is 2.13. The number of nitriles is 1. The summed E-state index contributed by atoms with van der Waals surface area (Å²) in [6, 6.07) is 1.99. The second-order valence-corrected chi connectivity index (χ2v) is 4.10. The molecule has 1 amide bonds. The summed E-state index contributed by atoms with van der Waals surface area (Å²) in [4.78, 5) is 15.8. The summed E-state index contributed by atoms with van der Waals surface area (Å²) in [6.45, 7) is 5.23. The first-order valence-corrected chi connectivity index (χ1v) is 5.95. The van der Waals surface area contributed by atoms with Crippen LogP contribution in [0.15, 0.2) is 0 Å². The molecule has 1 heterocycles. The molecule has 6 nitrogen and oxygen atoms in total. The van der Waals surface area contributed by atoms with E-state index < -0.39 is 0 Å². The van der Waals surface area contributed by atoms with E-state index in [-0.39, 0.29) is 12.5 Å². The molecule has 1 rings (SSSR count). The van der Waals surface area contributed by atoms with Crippen molar-refractivity contribution in [2.24, 2.45) is 0 Å². The smallest absolute Gasteiger partial charge is 0.234 e. The van der Waals surface area contributed by atoms with Crippen LogP contribution in [0.3, 0.4) is 0 Å². The van der Waals surface area contributed by atoms with Gasteiger partial charge in [0, 0.05) is 39.3 Å². The number of aliphatic hydroxyl groups excluding tert-OH is 1. The maximum Gasteiger partial charge on any atom is 0.234 e. The first kappa shape index (κ1) is 13.9. The molecule has 0 spiro atoms. The Morgan fingerprint density at radius 3 is 2.53 bits per heavy atom. The molecule has 0 aromatic heterocycles. The molecular weight excluding hydrogens is 220 g/mol. The minimum atomic E-state index is -0.0177. The van der Waals surface area contributed by atoms with Crippen molar-refractivity contribution in [2.75, 3.05) is 52.4 Å². The second-order valence-electron chi connectivity index (χ2n) is 4.10. The number of nitrogens with one attached hydrogen (secondary N) is 1. The first-order chi connectivity index (χ1) is 8.26. The molecule has 1 aliphatic rings. The van der Waals surface area contributed by atoms with Crippen LogP contribution in [0.1, 0.15) is 6.42 Å². The van der Waals surface area contributed by atoms with Gasteiger partial charge in [0.05, 0.1) is 25.6 Å². The zero-order valence-electron chi connectivity index (χ0n) is 10.1. The van der Waals surface area contributed by atoms with Gasteiger partial charge in [0.1, 0.15) is 0 Å². The lowest BCUT2D eigenvalue weighted by atomic mass is 10.3. The number of carbonyl (C=O) groups is 1. The fourth-order valence-electron chi connectivity index (χ4n) is 1.83. The third-order valence-corrected chi connectivity index (χ3v) is 2.81. The van der Waals surface area contributed by atoms with E-state index >= 15 is 0 Å². The lowest BCUT2D eigenvalue weighted by Gasteiger charge is -2.33. The standard InChI is InChI=1S/C11H20N4O2/c12-2-1-3-13-11(17)10-15-6-4-14(5-7-15)8-9-16/h16H,1,3-10H2,(H,13,17). The fraction of sp³-hybridized carbons (Fsp3) is 0.818. The molecule has 1 aliphatic heterocycles. The van der Waals surface area contributed by atoms with Crippen molar-refractivity contribution in [1.29, 1.82) is 5.26 Å². The molecule has 0 aromatic rings. The summed E-state index contributed by atoms with van der Waals surface area (Å²) in [5, 5.41) is 19.9. The molecule has 0 radical (unpaired) electrons. The average molecular weight is 240 g/mol. The second kappa shape index (κ2) is 8.01. The number of hydrogen-bond donors (Lipinski definition) is 2. The highest BCUT2D eigenvalue weighted by atomic mass is 16.3. The number of nitrogens with zero attached hydrogens (tertiary/aromatic N) is 3. The normalized spacial score (nSPS) is 17.6. The monoisotopic (exact) mass is 240 g/mol. The van der Waals surface area contributed by atoms with Crippen LogP contribution in [0.4, 0.5) is 0 Å². The summed E-state index contributed by atoms with van der Waals surface area (Å²) < 4.78 is 0. The van der Waals surface area contributed by atoms with Crippen molar-refractivity contribution in [3.8, 4) is 6.07 Å². The van der Waals surface area contributed by atoms with Crippen LogP contribution in [-0.2, 0) is 4.79 Å². The van der Waals surface area contributed by atoms with E-state index in [4.69, 9.17) is 10.4 Å². The summed E-state index contributed by atoms with van der Waals surface area (Å²) >= 11 is 0. The third-order valence-electron chi connectivity index (χ3n) is 2.81. The van der Waals surface area contributed by atoms with Crippen molar-refractivity contribution in [2.45, 2.75) is 6.42 Å². The molecule has 0 aliphatic carbocycles. The summed E-state index contributed by atoms with van der Waals surface area (Å²) in [7, 11) is 0. The van der Waals surface area contributed by atoms with Gasteiger partial charge in [-0.15, -0.1) is 0 Å². The van der Waals surface area contributed by atoms with Crippen molar-refractivity contribution in [3.63, 3.8) is 0 Å². The molecule has 0 bridgehead atoms. The maximum absolute atomic E-state index is 11.5. The maximum atomic E-state index is 11.5. The van der Waals surface area contributed by atoms with Gasteiger partial charge in [0.25, 0.3) is 0 Å². The van der Waals surface area contributed by atoms with E-state index in [1.54, 1.807) is 0 Å². The minimum Gasteiger partial charge on any atom is -0.395 e. The van der Waals surface area contributed by atoms with Gasteiger partial charge >= 0.3 is 0 Å². The zero-order valence-corrected chi connectivity index (χ0v) is 10.1. The molecule has 2 N–H and O–H groups in total. The Kier molecular flexibility index (Phi) is 6.55. The zero-order chi connectivity index (χ0) is 12.5. The van der Waals surface area contributed by atoms with Crippen molar-refractivity contribution in [3.05, 3.63) is 0 Å². The van der Waals surface area contributed by atoms with Gasteiger partial charge < -0.3 is 10.4 Å². The molecule has 1 fully saturated rings. The van der Waals surface area contributed by atoms with Crippen LogP contribution in [-0.4, -0.2) is 73.2 Å². The highest BCUT2D eigenvalue weighted by Gasteiger charge is 2.17. The van der Waals surface area contributed by atoms with E-state index in [1.807, 2.05) is 6.07 Å². The quantitative estimate of drug-likeness (QED) is 0.560. The lowest BCUT2D eigenvalue weighted by molar-refractivity contribution is -0.122. The van der Waals surface area contributed by atoms with Crippen molar-refractivity contribution in [1.82, 2.24) is 15.1 Å². The Bertz CT molecular complexity index is 269. The van der Waals surface area contributed by atoms with Crippen LogP contribution >= 0.6 is 0 Å². The van der Waals surface area contributed by atoms with Crippen LogP contribution in [0, 0.1) is 11.3 Å². The van der Waals surface area contributed by atoms with Gasteiger partial charge in [-0.3, -0.25) is 14.6 Å². The van der Waals surface area contributed by atoms with E-state index in [2.05, 4.69) is 15.1 Å². The van der Waals surface area contributed by atoms with Crippen molar-refractivity contribution < 1.29 is 9.90 Å². The topological polar surface area (TPSA) is 79.6 Å². The molecule has 0 unspecified atom stereocenters. The number of piperazine rings is 1. The Labute approximate surface area is 102 Å². The van der Waals surface area contributed by atoms with Gasteiger partial charge in [0.2, 0.25) is 5.91 Å². The number of carbonyl (C=O) groups excluding carboxylic acids is 1. The first-order valence-electron chi connectivity index (χ1n) is 5.95. The van der Waals surface area contributed by atoms with Crippen LogP contribution < -0.4 is 5.32 Å². The molecule has 96 valence electrons. The van der Waals surface area contributed by atoms with Crippen LogP contribution in [0.5, 0.6) is 0 Å². The lowest BCUT2D eigenvalue weighted by Crippen LogP contribution is -2.50. The highest BCUT2D eigenvalue weighted by Crippen LogP contribution is 2.00. The number of aliphatic hydroxyl groups is 1. The molecule has 1 saturated heterocycles. The number of rotatable bonds is 6. The predicted octanol–water partition coefficient (Wildman–Crippen LogP) is -1.37. The molecule has 0 aromatic carbocycles. The summed E-state index contributed by atoms with van der Waals surface area (Å²) in [6.07, 6.45) is 0.357. The summed E-state index contributed by atoms with van der Waals surface area (Å²) in [5.74, 6) is -0.0177. The van der Waals surface area contributed by atoms with E-state index in [9.17, 15) is 4.79 Å². The fourth-order valence-corrected chi connectivity index (χ4v) is 1.83. The van der Waals surface area contributed by atoms with Gasteiger partial charge in [-0.25, -0.2) is 0 Å². The van der Waals surface area contributed by atoms with Gasteiger partial charge in [-0.1, -0.05) is 0 Å². The van der Waals surface area contributed by atoms with Gasteiger partial charge in [-0.05, 0) is 0 Å². The largest absolute Gasteiger partial charge is 0.395 e. The molecule has 0 atom stereocenters. The van der Waals surface area contributed by atoms with Crippen molar-refractivity contribution >= 4 is 5.91 Å². The molecular formula is C11H20N4O2. The molecule has 0 saturated carbocycles. The Morgan fingerprint density at radius 2 is 1.94 bits per heavy atom. The minimum absolute atomic E-state index is 0.0177. The number of hydrogen-bond acceptors (Lipinski definition) is 5. The summed E-state index contributed by atoms with van der Waals surface area (Å²) in [5.41, 5.74) is 0.